The van der Waals surface area contributed by atoms with Crippen LogP contribution in [0.2, 0.25) is 5.02 Å². The molecule has 166 valence electrons. The number of urea groups is 1. The molecule has 1 aromatic heterocycles. The lowest BCUT2D eigenvalue weighted by atomic mass is 10.0. The van der Waals surface area contributed by atoms with Crippen LogP contribution in [0, 0.1) is 5.92 Å². The number of anilines is 1. The summed E-state index contributed by atoms with van der Waals surface area (Å²) >= 11 is 5.96. The molecule has 6 heteroatoms. The maximum Gasteiger partial charge on any atom is 0.324 e. The average molecular weight is 450 g/mol. The lowest BCUT2D eigenvalue weighted by Gasteiger charge is -2.20. The van der Waals surface area contributed by atoms with Crippen LogP contribution in [0.15, 0.2) is 73.1 Å². The van der Waals surface area contributed by atoms with Crippen LogP contribution in [0.25, 0.3) is 11.1 Å². The highest BCUT2D eigenvalue weighted by atomic mass is 35.5. The zero-order chi connectivity index (χ0) is 22.3. The van der Waals surface area contributed by atoms with Gasteiger partial charge in [-0.2, -0.15) is 0 Å². The second-order valence-electron chi connectivity index (χ2n) is 8.19. The predicted molar refractivity (Wildman–Crippen MR) is 129 cm³/mol. The van der Waals surface area contributed by atoms with Crippen molar-refractivity contribution in [3.8, 4) is 16.9 Å². The first kappa shape index (κ1) is 22.2. The zero-order valence-electron chi connectivity index (χ0n) is 18.3. The summed E-state index contributed by atoms with van der Waals surface area (Å²) in [4.78, 5) is 20.4. The topological polar surface area (TPSA) is 45.7 Å². The van der Waals surface area contributed by atoms with Crippen LogP contribution < -0.4 is 9.64 Å². The van der Waals surface area contributed by atoms with Crippen LogP contribution >= 0.6 is 11.6 Å². The number of hydrogen-bond acceptors (Lipinski definition) is 3. The van der Waals surface area contributed by atoms with Crippen LogP contribution in [0.5, 0.6) is 5.75 Å². The van der Waals surface area contributed by atoms with Crippen LogP contribution in [0.1, 0.15) is 19.8 Å². The van der Waals surface area contributed by atoms with E-state index < -0.39 is 0 Å². The first-order valence-electron chi connectivity index (χ1n) is 11.1. The summed E-state index contributed by atoms with van der Waals surface area (Å²) in [5.41, 5.74) is 3.18. The normalized spacial score (nSPS) is 14.6. The Hall–Kier alpha value is -3.05. The lowest BCUT2D eigenvalue weighted by Crippen LogP contribution is -2.33. The predicted octanol–water partition coefficient (Wildman–Crippen LogP) is 6.14. The fraction of sp³-hybridized carbons (Fsp3) is 0.308. The van der Waals surface area contributed by atoms with Gasteiger partial charge in [-0.3, -0.25) is 9.88 Å². The molecule has 0 N–H and O–H groups in total. The molecule has 0 bridgehead atoms. The summed E-state index contributed by atoms with van der Waals surface area (Å²) in [5, 5.41) is 0.739. The van der Waals surface area contributed by atoms with E-state index in [0.29, 0.717) is 12.5 Å². The average Bonchev–Trinajstić information content (AvgIpc) is 3.19. The van der Waals surface area contributed by atoms with Gasteiger partial charge in [0.2, 0.25) is 0 Å². The number of carbonyl (C=O) groups excluding carboxylic acids is 1. The number of ether oxygens (including phenoxy) is 1. The second-order valence-corrected chi connectivity index (χ2v) is 8.63. The number of hydrogen-bond donors (Lipinski definition) is 0. The van der Waals surface area contributed by atoms with Crippen LogP contribution in [0.4, 0.5) is 10.5 Å². The molecule has 1 aliphatic rings. The van der Waals surface area contributed by atoms with Crippen molar-refractivity contribution in [2.24, 2.45) is 5.92 Å². The Kier molecular flexibility index (Phi) is 7.28. The highest BCUT2D eigenvalue weighted by Crippen LogP contribution is 2.24. The van der Waals surface area contributed by atoms with Gasteiger partial charge < -0.3 is 9.64 Å². The third kappa shape index (κ3) is 5.60. The van der Waals surface area contributed by atoms with E-state index in [-0.39, 0.29) is 6.03 Å². The molecule has 3 aromatic rings. The summed E-state index contributed by atoms with van der Waals surface area (Å²) in [6.45, 7) is 5.15. The summed E-state index contributed by atoms with van der Waals surface area (Å²) in [6.07, 6.45) is 5.36. The van der Waals surface area contributed by atoms with Crippen LogP contribution in [-0.4, -0.2) is 42.2 Å². The van der Waals surface area contributed by atoms with Crippen molar-refractivity contribution in [3.63, 3.8) is 0 Å². The monoisotopic (exact) mass is 449 g/mol. The molecule has 1 saturated heterocycles. The summed E-state index contributed by atoms with van der Waals surface area (Å²) in [7, 11) is 0. The fourth-order valence-corrected chi connectivity index (χ4v) is 3.96. The fourth-order valence-electron chi connectivity index (χ4n) is 3.84. The molecule has 1 fully saturated rings. The van der Waals surface area contributed by atoms with Gasteiger partial charge in [-0.25, -0.2) is 4.79 Å². The number of benzene rings is 2. The quantitative estimate of drug-likeness (QED) is 0.394. The SMILES string of the molecule is CC(CCOc1ccc(-c2ccc(Cl)cc2)cc1)CCN1CCN(c2ccncc2)C1=O. The number of rotatable bonds is 9. The molecule has 4 rings (SSSR count). The zero-order valence-corrected chi connectivity index (χ0v) is 19.0. The number of amides is 2. The number of pyridine rings is 1. The maximum atomic E-state index is 12.7. The number of aromatic nitrogens is 1. The van der Waals surface area contributed by atoms with Gasteiger partial charge in [-0.15, -0.1) is 0 Å². The Balaban J connectivity index is 1.18. The van der Waals surface area contributed by atoms with Crippen molar-refractivity contribution in [3.05, 3.63) is 78.1 Å². The van der Waals surface area contributed by atoms with E-state index in [1.807, 2.05) is 58.3 Å². The Morgan fingerprint density at radius 1 is 0.938 bits per heavy atom. The van der Waals surface area contributed by atoms with Crippen LogP contribution in [-0.2, 0) is 0 Å². The van der Waals surface area contributed by atoms with Crippen molar-refractivity contribution < 1.29 is 9.53 Å². The van der Waals surface area contributed by atoms with Gasteiger partial charge >= 0.3 is 6.03 Å². The highest BCUT2D eigenvalue weighted by Gasteiger charge is 2.29. The van der Waals surface area contributed by atoms with E-state index >= 15 is 0 Å². The largest absolute Gasteiger partial charge is 0.494 e. The molecule has 5 nitrogen and oxygen atoms in total. The number of halogens is 1. The molecule has 1 aliphatic heterocycles. The van der Waals surface area contributed by atoms with E-state index in [2.05, 4.69) is 24.0 Å². The first-order chi connectivity index (χ1) is 15.6. The van der Waals surface area contributed by atoms with Gasteiger partial charge in [0.15, 0.2) is 0 Å². The second kappa shape index (κ2) is 10.5. The molecule has 0 spiro atoms. The highest BCUT2D eigenvalue weighted by molar-refractivity contribution is 6.30. The van der Waals surface area contributed by atoms with Gasteiger partial charge in [-0.05, 0) is 66.3 Å². The Morgan fingerprint density at radius 3 is 2.28 bits per heavy atom. The minimum absolute atomic E-state index is 0.0837. The van der Waals surface area contributed by atoms with Gasteiger partial charge in [0.05, 0.1) is 6.61 Å². The molecule has 2 aromatic carbocycles. The summed E-state index contributed by atoms with van der Waals surface area (Å²) < 4.78 is 5.94. The van der Waals surface area contributed by atoms with Crippen LogP contribution in [0.3, 0.4) is 0 Å². The van der Waals surface area contributed by atoms with Crippen molar-refractivity contribution in [1.82, 2.24) is 9.88 Å². The summed E-state index contributed by atoms with van der Waals surface area (Å²) in [5.74, 6) is 1.35. The third-order valence-corrected chi connectivity index (χ3v) is 6.12. The third-order valence-electron chi connectivity index (χ3n) is 5.87. The molecular weight excluding hydrogens is 422 g/mol. The molecule has 0 saturated carbocycles. The Bertz CT molecular complexity index is 1010. The van der Waals surface area contributed by atoms with Gasteiger partial charge in [0.25, 0.3) is 0 Å². The minimum atomic E-state index is 0.0837. The van der Waals surface area contributed by atoms with Gasteiger partial charge in [0.1, 0.15) is 5.75 Å². The number of carbonyl (C=O) groups is 1. The Labute approximate surface area is 194 Å². The first-order valence-corrected chi connectivity index (χ1v) is 11.4. The van der Waals surface area contributed by atoms with Gasteiger partial charge in [-0.1, -0.05) is 42.8 Å². The molecule has 1 atom stereocenters. The van der Waals surface area contributed by atoms with Crippen molar-refractivity contribution in [1.29, 1.82) is 0 Å². The van der Waals surface area contributed by atoms with E-state index in [9.17, 15) is 4.79 Å². The van der Waals surface area contributed by atoms with Crippen molar-refractivity contribution in [2.45, 2.75) is 19.8 Å². The van der Waals surface area contributed by atoms with Gasteiger partial charge in [0, 0.05) is 42.7 Å². The van der Waals surface area contributed by atoms with Crippen molar-refractivity contribution in [2.75, 3.05) is 31.1 Å². The molecule has 32 heavy (non-hydrogen) atoms. The van der Waals surface area contributed by atoms with E-state index in [1.54, 1.807) is 12.4 Å². The Morgan fingerprint density at radius 2 is 1.59 bits per heavy atom. The summed E-state index contributed by atoms with van der Waals surface area (Å²) in [6, 6.07) is 19.8. The molecule has 2 amide bonds. The lowest BCUT2D eigenvalue weighted by molar-refractivity contribution is 0.214. The maximum absolute atomic E-state index is 12.7. The van der Waals surface area contributed by atoms with E-state index in [4.69, 9.17) is 16.3 Å². The molecule has 0 radical (unpaired) electrons. The molecule has 1 unspecified atom stereocenters. The molecule has 0 aliphatic carbocycles. The molecular formula is C26H28ClN3O2. The van der Waals surface area contributed by atoms with E-state index in [0.717, 1.165) is 60.1 Å². The standard InChI is InChI=1S/C26H28ClN3O2/c1-20(12-16-29-17-18-30(26(29)31)24-10-14-28-15-11-24)13-19-32-25-8-4-22(5-9-25)21-2-6-23(27)7-3-21/h2-11,14-15,20H,12-13,16-19H2,1H3. The smallest absolute Gasteiger partial charge is 0.324 e. The van der Waals surface area contributed by atoms with E-state index in [1.165, 1.54) is 0 Å². The molecule has 2 heterocycles. The van der Waals surface area contributed by atoms with Crippen molar-refractivity contribution >= 4 is 23.3 Å². The minimum Gasteiger partial charge on any atom is -0.494 e. The number of nitrogens with zero attached hydrogens (tertiary/aromatic N) is 3.